The molecule has 0 unspecified atom stereocenters. The van der Waals surface area contributed by atoms with Crippen molar-refractivity contribution in [1.82, 2.24) is 4.31 Å². The molecule has 2 heterocycles. The van der Waals surface area contributed by atoms with Crippen LogP contribution in [-0.4, -0.2) is 50.6 Å². The van der Waals surface area contributed by atoms with Crippen LogP contribution in [0.25, 0.3) is 0 Å². The molecule has 0 aliphatic carbocycles. The fraction of sp³-hybridized carbons (Fsp3) is 0.611. The zero-order chi connectivity index (χ0) is 17.9. The Morgan fingerprint density at radius 2 is 1.80 bits per heavy atom. The van der Waals surface area contributed by atoms with Crippen molar-refractivity contribution in [2.45, 2.75) is 32.6 Å². The summed E-state index contributed by atoms with van der Waals surface area (Å²) in [7, 11) is -3.23. The van der Waals surface area contributed by atoms with Crippen molar-refractivity contribution >= 4 is 27.3 Å². The van der Waals surface area contributed by atoms with E-state index in [-0.39, 0.29) is 24.1 Å². The maximum absolute atomic E-state index is 12.5. The molecule has 1 aromatic rings. The molecule has 2 fully saturated rings. The molecule has 0 bridgehead atoms. The summed E-state index contributed by atoms with van der Waals surface area (Å²) in [4.78, 5) is 14.9. The van der Waals surface area contributed by atoms with Gasteiger partial charge in [0.1, 0.15) is 0 Å². The lowest BCUT2D eigenvalue weighted by Gasteiger charge is -2.30. The summed E-state index contributed by atoms with van der Waals surface area (Å²) in [5.41, 5.74) is 1.96. The molecule has 1 amide bonds. The fourth-order valence-electron chi connectivity index (χ4n) is 3.57. The highest BCUT2D eigenvalue weighted by atomic mass is 32.2. The Kier molecular flexibility index (Phi) is 5.64. The summed E-state index contributed by atoms with van der Waals surface area (Å²) in [5, 5.41) is 2.94. The first kappa shape index (κ1) is 18.2. The van der Waals surface area contributed by atoms with Crippen LogP contribution >= 0.6 is 0 Å². The standard InChI is InChI=1S/C18H27N3O3S/c1-2-25(23,24)21-13-5-6-15(14-21)18(22)19-16-7-9-17(10-8-16)20-11-3-4-12-20/h7-10,15H,2-6,11-14H2,1H3,(H,19,22)/t15-/m0/s1. The number of anilines is 2. The molecule has 1 N–H and O–H groups in total. The third-order valence-corrected chi connectivity index (χ3v) is 6.97. The summed E-state index contributed by atoms with van der Waals surface area (Å²) >= 11 is 0. The highest BCUT2D eigenvalue weighted by Gasteiger charge is 2.31. The van der Waals surface area contributed by atoms with Gasteiger partial charge >= 0.3 is 0 Å². The molecule has 2 saturated heterocycles. The first-order valence-corrected chi connectivity index (χ1v) is 10.7. The van der Waals surface area contributed by atoms with Gasteiger partial charge < -0.3 is 10.2 Å². The van der Waals surface area contributed by atoms with E-state index in [1.54, 1.807) is 6.92 Å². The molecule has 3 rings (SSSR count). The normalized spacial score (nSPS) is 22.1. The predicted molar refractivity (Wildman–Crippen MR) is 100 cm³/mol. The Morgan fingerprint density at radius 3 is 2.44 bits per heavy atom. The van der Waals surface area contributed by atoms with Crippen molar-refractivity contribution < 1.29 is 13.2 Å². The molecule has 7 heteroatoms. The lowest BCUT2D eigenvalue weighted by Crippen LogP contribution is -2.44. The highest BCUT2D eigenvalue weighted by molar-refractivity contribution is 7.89. The molecule has 138 valence electrons. The molecule has 25 heavy (non-hydrogen) atoms. The van der Waals surface area contributed by atoms with E-state index in [2.05, 4.69) is 10.2 Å². The highest BCUT2D eigenvalue weighted by Crippen LogP contribution is 2.24. The molecule has 0 spiro atoms. The van der Waals surface area contributed by atoms with Crippen molar-refractivity contribution in [1.29, 1.82) is 0 Å². The second-order valence-electron chi connectivity index (χ2n) is 6.83. The zero-order valence-electron chi connectivity index (χ0n) is 14.8. The summed E-state index contributed by atoms with van der Waals surface area (Å²) in [5.74, 6) is -0.294. The lowest BCUT2D eigenvalue weighted by molar-refractivity contribution is -0.120. The molecule has 0 saturated carbocycles. The second kappa shape index (κ2) is 7.74. The zero-order valence-corrected chi connectivity index (χ0v) is 15.6. The van der Waals surface area contributed by atoms with Gasteiger partial charge in [0.15, 0.2) is 0 Å². The third kappa shape index (κ3) is 4.33. The van der Waals surface area contributed by atoms with Crippen LogP contribution in [0.5, 0.6) is 0 Å². The fourth-order valence-corrected chi connectivity index (χ4v) is 4.75. The number of carbonyl (C=O) groups excluding carboxylic acids is 1. The first-order valence-electron chi connectivity index (χ1n) is 9.13. The molecular formula is C18H27N3O3S. The minimum absolute atomic E-state index is 0.0826. The minimum Gasteiger partial charge on any atom is -0.372 e. The average molecular weight is 365 g/mol. The molecule has 0 radical (unpaired) electrons. The predicted octanol–water partition coefficient (Wildman–Crippen LogP) is 2.29. The largest absolute Gasteiger partial charge is 0.372 e. The molecule has 2 aliphatic heterocycles. The van der Waals surface area contributed by atoms with Gasteiger partial charge in [-0.25, -0.2) is 12.7 Å². The van der Waals surface area contributed by atoms with E-state index in [9.17, 15) is 13.2 Å². The molecule has 2 aliphatic rings. The van der Waals surface area contributed by atoms with E-state index in [1.807, 2.05) is 24.3 Å². The van der Waals surface area contributed by atoms with Crippen LogP contribution in [0.15, 0.2) is 24.3 Å². The van der Waals surface area contributed by atoms with Gasteiger partial charge in [0, 0.05) is 37.6 Å². The number of amides is 1. The van der Waals surface area contributed by atoms with Gasteiger partial charge in [-0.1, -0.05) is 0 Å². The van der Waals surface area contributed by atoms with Crippen LogP contribution in [0.3, 0.4) is 0 Å². The van der Waals surface area contributed by atoms with Crippen molar-refractivity contribution in [3.8, 4) is 0 Å². The second-order valence-corrected chi connectivity index (χ2v) is 9.09. The summed E-state index contributed by atoms with van der Waals surface area (Å²) in [6.45, 7) is 4.63. The Balaban J connectivity index is 1.59. The minimum atomic E-state index is -3.23. The van der Waals surface area contributed by atoms with Gasteiger partial charge in [0.25, 0.3) is 0 Å². The van der Waals surface area contributed by atoms with Crippen molar-refractivity contribution in [2.24, 2.45) is 5.92 Å². The van der Waals surface area contributed by atoms with Gasteiger partial charge in [0.2, 0.25) is 15.9 Å². The number of sulfonamides is 1. The number of benzene rings is 1. The third-order valence-electron chi connectivity index (χ3n) is 5.12. The van der Waals surface area contributed by atoms with Gasteiger partial charge in [-0.3, -0.25) is 4.79 Å². The van der Waals surface area contributed by atoms with Crippen LogP contribution in [0, 0.1) is 5.92 Å². The van der Waals surface area contributed by atoms with Gasteiger partial charge in [-0.15, -0.1) is 0 Å². The Labute approximate surface area is 150 Å². The Morgan fingerprint density at radius 1 is 1.12 bits per heavy atom. The number of carbonyl (C=O) groups is 1. The van der Waals surface area contributed by atoms with Crippen LogP contribution in [-0.2, 0) is 14.8 Å². The molecular weight excluding hydrogens is 338 g/mol. The maximum atomic E-state index is 12.5. The molecule has 0 aromatic heterocycles. The van der Waals surface area contributed by atoms with E-state index >= 15 is 0 Å². The Bertz CT molecular complexity index is 697. The summed E-state index contributed by atoms with van der Waals surface area (Å²) < 4.78 is 25.5. The number of piperidine rings is 1. The molecule has 1 aromatic carbocycles. The van der Waals surface area contributed by atoms with E-state index in [0.29, 0.717) is 6.54 Å². The maximum Gasteiger partial charge on any atom is 0.228 e. The van der Waals surface area contributed by atoms with Gasteiger partial charge in [-0.2, -0.15) is 0 Å². The van der Waals surface area contributed by atoms with Crippen molar-refractivity contribution in [3.63, 3.8) is 0 Å². The van der Waals surface area contributed by atoms with E-state index in [0.717, 1.165) is 31.6 Å². The summed E-state index contributed by atoms with van der Waals surface area (Å²) in [6, 6.07) is 7.93. The average Bonchev–Trinajstić information content (AvgIpc) is 3.17. The van der Waals surface area contributed by atoms with Crippen LogP contribution in [0.2, 0.25) is 0 Å². The van der Waals surface area contributed by atoms with Gasteiger partial charge in [-0.05, 0) is 56.9 Å². The van der Waals surface area contributed by atoms with Crippen LogP contribution < -0.4 is 10.2 Å². The molecule has 6 nitrogen and oxygen atoms in total. The number of nitrogens with one attached hydrogen (secondary N) is 1. The van der Waals surface area contributed by atoms with E-state index < -0.39 is 10.0 Å². The number of nitrogens with zero attached hydrogens (tertiary/aromatic N) is 2. The van der Waals surface area contributed by atoms with E-state index in [1.165, 1.54) is 22.8 Å². The smallest absolute Gasteiger partial charge is 0.228 e. The monoisotopic (exact) mass is 365 g/mol. The number of hydrogen-bond donors (Lipinski definition) is 1. The van der Waals surface area contributed by atoms with Crippen LogP contribution in [0.1, 0.15) is 32.6 Å². The van der Waals surface area contributed by atoms with Crippen molar-refractivity contribution in [3.05, 3.63) is 24.3 Å². The lowest BCUT2D eigenvalue weighted by atomic mass is 9.98. The van der Waals surface area contributed by atoms with Crippen LogP contribution in [0.4, 0.5) is 11.4 Å². The van der Waals surface area contributed by atoms with Crippen molar-refractivity contribution in [2.75, 3.05) is 42.1 Å². The van der Waals surface area contributed by atoms with Gasteiger partial charge in [0.05, 0.1) is 11.7 Å². The molecule has 1 atom stereocenters. The number of hydrogen-bond acceptors (Lipinski definition) is 4. The Hall–Kier alpha value is -1.60. The topological polar surface area (TPSA) is 69.7 Å². The van der Waals surface area contributed by atoms with E-state index in [4.69, 9.17) is 0 Å². The SMILES string of the molecule is CCS(=O)(=O)N1CCC[C@H](C(=O)Nc2ccc(N3CCCC3)cc2)C1. The summed E-state index contributed by atoms with van der Waals surface area (Å²) in [6.07, 6.45) is 3.92. The first-order chi connectivity index (χ1) is 12.0. The quantitative estimate of drug-likeness (QED) is 0.869. The number of rotatable bonds is 5.